The summed E-state index contributed by atoms with van der Waals surface area (Å²) in [4.78, 5) is 15.6. The first kappa shape index (κ1) is 20.3. The summed E-state index contributed by atoms with van der Waals surface area (Å²) in [6.45, 7) is 0.662. The SMILES string of the molecule is CN=C(NCc1ccc(C(=O)NC)cc1)NCc1cccc(C(F)(F)F)c1. The minimum Gasteiger partial charge on any atom is -0.355 e. The molecule has 8 heteroatoms. The van der Waals surface area contributed by atoms with Crippen molar-refractivity contribution in [2.45, 2.75) is 19.3 Å². The topological polar surface area (TPSA) is 65.5 Å². The Labute approximate surface area is 155 Å². The maximum atomic E-state index is 12.8. The maximum Gasteiger partial charge on any atom is 0.416 e. The van der Waals surface area contributed by atoms with Gasteiger partial charge < -0.3 is 16.0 Å². The monoisotopic (exact) mass is 378 g/mol. The van der Waals surface area contributed by atoms with Crippen LogP contribution in [0.5, 0.6) is 0 Å². The number of hydrogen-bond donors (Lipinski definition) is 3. The molecule has 0 aliphatic rings. The van der Waals surface area contributed by atoms with Gasteiger partial charge in [-0.05, 0) is 35.4 Å². The molecule has 2 aromatic rings. The van der Waals surface area contributed by atoms with Crippen LogP contribution >= 0.6 is 0 Å². The number of rotatable bonds is 5. The summed E-state index contributed by atoms with van der Waals surface area (Å²) in [6.07, 6.45) is -4.36. The second-order valence-electron chi connectivity index (χ2n) is 5.75. The lowest BCUT2D eigenvalue weighted by Gasteiger charge is -2.13. The molecule has 0 bridgehead atoms. The summed E-state index contributed by atoms with van der Waals surface area (Å²) >= 11 is 0. The summed E-state index contributed by atoms with van der Waals surface area (Å²) in [5.41, 5.74) is 1.32. The van der Waals surface area contributed by atoms with Gasteiger partial charge in [-0.1, -0.05) is 24.3 Å². The first-order valence-electron chi connectivity index (χ1n) is 8.25. The van der Waals surface area contributed by atoms with Gasteiger partial charge in [0.2, 0.25) is 0 Å². The lowest BCUT2D eigenvalue weighted by Crippen LogP contribution is -2.36. The van der Waals surface area contributed by atoms with Crippen molar-refractivity contribution in [1.82, 2.24) is 16.0 Å². The molecule has 0 spiro atoms. The Morgan fingerprint density at radius 2 is 1.63 bits per heavy atom. The fourth-order valence-electron chi connectivity index (χ4n) is 2.37. The molecule has 0 aliphatic carbocycles. The number of alkyl halides is 3. The predicted octanol–water partition coefficient (Wildman–Crippen LogP) is 2.93. The highest BCUT2D eigenvalue weighted by molar-refractivity contribution is 5.93. The van der Waals surface area contributed by atoms with Crippen molar-refractivity contribution < 1.29 is 18.0 Å². The van der Waals surface area contributed by atoms with Crippen molar-refractivity contribution in [3.8, 4) is 0 Å². The Bertz CT molecular complexity index is 801. The number of guanidine groups is 1. The standard InChI is InChI=1S/C19H21F3N4O/c1-23-17(27)15-8-6-13(7-9-15)11-25-18(24-2)26-12-14-4-3-5-16(10-14)19(20,21)22/h3-10H,11-12H2,1-2H3,(H,23,27)(H2,24,25,26). The number of aliphatic imine (C=N–C) groups is 1. The smallest absolute Gasteiger partial charge is 0.355 e. The molecule has 0 unspecified atom stereocenters. The molecule has 0 saturated heterocycles. The molecule has 0 aliphatic heterocycles. The zero-order valence-electron chi connectivity index (χ0n) is 15.0. The first-order valence-corrected chi connectivity index (χ1v) is 8.25. The second kappa shape index (κ2) is 9.07. The number of amides is 1. The third-order valence-electron chi connectivity index (χ3n) is 3.84. The van der Waals surface area contributed by atoms with Gasteiger partial charge in [0.1, 0.15) is 0 Å². The molecular weight excluding hydrogens is 357 g/mol. The second-order valence-corrected chi connectivity index (χ2v) is 5.75. The molecule has 0 saturated carbocycles. The van der Waals surface area contributed by atoms with Gasteiger partial charge in [0.25, 0.3) is 5.91 Å². The van der Waals surface area contributed by atoms with Crippen LogP contribution < -0.4 is 16.0 Å². The number of nitrogens with zero attached hydrogens (tertiary/aromatic N) is 1. The van der Waals surface area contributed by atoms with Gasteiger partial charge in [-0.25, -0.2) is 0 Å². The lowest BCUT2D eigenvalue weighted by atomic mass is 10.1. The van der Waals surface area contributed by atoms with Crippen molar-refractivity contribution in [2.24, 2.45) is 4.99 Å². The lowest BCUT2D eigenvalue weighted by molar-refractivity contribution is -0.137. The highest BCUT2D eigenvalue weighted by atomic mass is 19.4. The summed E-state index contributed by atoms with van der Waals surface area (Å²) in [5, 5.41) is 8.61. The van der Waals surface area contributed by atoms with E-state index in [-0.39, 0.29) is 12.5 Å². The number of benzene rings is 2. The van der Waals surface area contributed by atoms with E-state index in [1.54, 1.807) is 32.3 Å². The Balaban J connectivity index is 1.90. The van der Waals surface area contributed by atoms with Crippen LogP contribution in [0, 0.1) is 0 Å². The molecule has 27 heavy (non-hydrogen) atoms. The molecular formula is C19H21F3N4O. The number of carbonyl (C=O) groups excluding carboxylic acids is 1. The average molecular weight is 378 g/mol. The maximum absolute atomic E-state index is 12.8. The van der Waals surface area contributed by atoms with Gasteiger partial charge in [-0.2, -0.15) is 13.2 Å². The van der Waals surface area contributed by atoms with E-state index < -0.39 is 11.7 Å². The fourth-order valence-corrected chi connectivity index (χ4v) is 2.37. The molecule has 0 radical (unpaired) electrons. The highest BCUT2D eigenvalue weighted by Gasteiger charge is 2.30. The predicted molar refractivity (Wildman–Crippen MR) is 98.3 cm³/mol. The van der Waals surface area contributed by atoms with E-state index in [0.29, 0.717) is 23.6 Å². The van der Waals surface area contributed by atoms with Crippen LogP contribution in [0.4, 0.5) is 13.2 Å². The van der Waals surface area contributed by atoms with Crippen LogP contribution in [0.2, 0.25) is 0 Å². The summed E-state index contributed by atoms with van der Waals surface area (Å²) in [6, 6.07) is 12.2. The van der Waals surface area contributed by atoms with Crippen molar-refractivity contribution in [3.05, 3.63) is 70.8 Å². The molecule has 0 heterocycles. The van der Waals surface area contributed by atoms with E-state index in [2.05, 4.69) is 20.9 Å². The van der Waals surface area contributed by atoms with Crippen LogP contribution in [0.15, 0.2) is 53.5 Å². The highest BCUT2D eigenvalue weighted by Crippen LogP contribution is 2.29. The third kappa shape index (κ3) is 6.02. The number of carbonyl (C=O) groups is 1. The van der Waals surface area contributed by atoms with Crippen molar-refractivity contribution in [3.63, 3.8) is 0 Å². The summed E-state index contributed by atoms with van der Waals surface area (Å²) < 4.78 is 38.3. The Hall–Kier alpha value is -3.03. The molecule has 2 aromatic carbocycles. The van der Waals surface area contributed by atoms with Crippen LogP contribution in [0.1, 0.15) is 27.0 Å². The first-order chi connectivity index (χ1) is 12.8. The third-order valence-corrected chi connectivity index (χ3v) is 3.84. The quantitative estimate of drug-likeness (QED) is 0.554. The molecule has 5 nitrogen and oxygen atoms in total. The summed E-state index contributed by atoms with van der Waals surface area (Å²) in [7, 11) is 3.15. The molecule has 144 valence electrons. The van der Waals surface area contributed by atoms with Gasteiger partial charge in [0, 0.05) is 32.7 Å². The van der Waals surface area contributed by atoms with Gasteiger partial charge in [-0.15, -0.1) is 0 Å². The van der Waals surface area contributed by atoms with E-state index in [4.69, 9.17) is 0 Å². The normalized spacial score (nSPS) is 11.8. The largest absolute Gasteiger partial charge is 0.416 e. The van der Waals surface area contributed by atoms with Gasteiger partial charge in [0.15, 0.2) is 5.96 Å². The van der Waals surface area contributed by atoms with Gasteiger partial charge in [0.05, 0.1) is 5.56 Å². The van der Waals surface area contributed by atoms with Crippen LogP contribution in [0.25, 0.3) is 0 Å². The Morgan fingerprint density at radius 1 is 1.00 bits per heavy atom. The Morgan fingerprint density at radius 3 is 2.19 bits per heavy atom. The fraction of sp³-hybridized carbons (Fsp3) is 0.263. The zero-order chi connectivity index (χ0) is 19.9. The minimum atomic E-state index is -4.36. The van der Waals surface area contributed by atoms with Crippen LogP contribution in [-0.4, -0.2) is 26.0 Å². The van der Waals surface area contributed by atoms with Gasteiger partial charge in [-0.3, -0.25) is 9.79 Å². The minimum absolute atomic E-state index is 0.159. The van der Waals surface area contributed by atoms with Crippen molar-refractivity contribution in [2.75, 3.05) is 14.1 Å². The van der Waals surface area contributed by atoms with E-state index in [1.165, 1.54) is 6.07 Å². The van der Waals surface area contributed by atoms with Crippen LogP contribution in [0.3, 0.4) is 0 Å². The van der Waals surface area contributed by atoms with Crippen molar-refractivity contribution >= 4 is 11.9 Å². The van der Waals surface area contributed by atoms with E-state index >= 15 is 0 Å². The van der Waals surface area contributed by atoms with E-state index in [0.717, 1.165) is 17.7 Å². The van der Waals surface area contributed by atoms with Gasteiger partial charge >= 0.3 is 6.18 Å². The average Bonchev–Trinajstić information content (AvgIpc) is 2.67. The van der Waals surface area contributed by atoms with E-state index in [1.807, 2.05) is 12.1 Å². The Kier molecular flexibility index (Phi) is 6.81. The van der Waals surface area contributed by atoms with Crippen molar-refractivity contribution in [1.29, 1.82) is 0 Å². The molecule has 3 N–H and O–H groups in total. The molecule has 1 amide bonds. The molecule has 2 rings (SSSR count). The molecule has 0 atom stereocenters. The molecule has 0 aromatic heterocycles. The number of nitrogens with one attached hydrogen (secondary N) is 3. The number of hydrogen-bond acceptors (Lipinski definition) is 2. The van der Waals surface area contributed by atoms with E-state index in [9.17, 15) is 18.0 Å². The summed E-state index contributed by atoms with van der Waals surface area (Å²) in [5.74, 6) is 0.302. The van der Waals surface area contributed by atoms with Crippen LogP contribution in [-0.2, 0) is 19.3 Å². The zero-order valence-corrected chi connectivity index (χ0v) is 15.0. The number of halogens is 3. The molecule has 0 fully saturated rings.